The van der Waals surface area contributed by atoms with Gasteiger partial charge in [0.15, 0.2) is 10.9 Å². The van der Waals surface area contributed by atoms with E-state index in [4.69, 9.17) is 38.7 Å². The van der Waals surface area contributed by atoms with E-state index in [0.29, 0.717) is 43.1 Å². The molecule has 0 bridgehead atoms. The van der Waals surface area contributed by atoms with Crippen LogP contribution in [0.15, 0.2) is 58.1 Å². The van der Waals surface area contributed by atoms with Gasteiger partial charge in [-0.25, -0.2) is 16.8 Å². The van der Waals surface area contributed by atoms with Crippen LogP contribution in [0.5, 0.6) is 0 Å². The fourth-order valence-corrected chi connectivity index (χ4v) is 4.33. The number of terminal acetylenes is 4. The molecular weight excluding hydrogens is 681 g/mol. The zero-order valence-corrected chi connectivity index (χ0v) is 28.3. The zero-order valence-electron chi connectivity index (χ0n) is 26.6. The Balaban J connectivity index is -0.000000776. The van der Waals surface area contributed by atoms with Crippen LogP contribution in [0.2, 0.25) is 0 Å². The lowest BCUT2D eigenvalue weighted by Gasteiger charge is -2.07. The van der Waals surface area contributed by atoms with Gasteiger partial charge in [0.25, 0.3) is 0 Å². The van der Waals surface area contributed by atoms with E-state index in [9.17, 15) is 18.0 Å². The number of pyridine rings is 2. The number of aromatic amines is 2. The number of aromatic nitrogens is 2. The molecule has 3 aromatic carbocycles. The van der Waals surface area contributed by atoms with Gasteiger partial charge in [-0.1, -0.05) is 49.0 Å². The molecule has 0 atom stereocenters. The summed E-state index contributed by atoms with van der Waals surface area (Å²) in [5.41, 5.74) is 4.94. The van der Waals surface area contributed by atoms with Gasteiger partial charge >= 0.3 is 0 Å². The van der Waals surface area contributed by atoms with Crippen LogP contribution >= 0.6 is 0 Å². The van der Waals surface area contributed by atoms with Crippen LogP contribution in [0.3, 0.4) is 0 Å². The quantitative estimate of drug-likeness (QED) is 0.0782. The number of nitrogens with zero attached hydrogens (tertiary/aromatic N) is 1. The molecule has 5 rings (SSSR count). The minimum atomic E-state index is -3.92. The fourth-order valence-electron chi connectivity index (χ4n) is 3.95. The summed E-state index contributed by atoms with van der Waals surface area (Å²) in [4.78, 5) is 32.5. The smallest absolute Gasteiger partial charge is 0.250 e. The number of hydrogen-bond donors (Lipinski definition) is 3. The number of quaternary nitrogens is 1. The molecule has 2 aromatic heterocycles. The molecule has 2 heterocycles. The predicted molar refractivity (Wildman–Crippen MR) is 191 cm³/mol. The number of benzene rings is 3. The minimum Gasteiger partial charge on any atom is -0.748 e. The lowest BCUT2D eigenvalue weighted by atomic mass is 10.0. The first kappa shape index (κ1) is 47.7. The van der Waals surface area contributed by atoms with Crippen LogP contribution in [0, 0.1) is 63.7 Å². The van der Waals surface area contributed by atoms with Crippen LogP contribution in [0.25, 0.3) is 43.6 Å². The first-order chi connectivity index (χ1) is 20.9. The molecule has 0 radical (unpaired) electrons. The lowest BCUT2D eigenvalue weighted by molar-refractivity contribution is -0.467. The van der Waals surface area contributed by atoms with E-state index in [1.54, 1.807) is 24.2 Å². The van der Waals surface area contributed by atoms with Crippen molar-refractivity contribution in [2.45, 2.75) is 13.8 Å². The van der Waals surface area contributed by atoms with E-state index in [2.05, 4.69) is 22.1 Å². The van der Waals surface area contributed by atoms with Crippen LogP contribution in [-0.2, 0) is 20.1 Å². The Hall–Kier alpha value is -5.70. The molecule has 49 heavy (non-hydrogen) atoms. The van der Waals surface area contributed by atoms with E-state index >= 15 is 0 Å². The van der Waals surface area contributed by atoms with E-state index in [1.807, 2.05) is 50.2 Å². The van der Waals surface area contributed by atoms with Gasteiger partial charge in [0.1, 0.15) is 12.1 Å². The van der Waals surface area contributed by atoms with Crippen molar-refractivity contribution in [1.82, 2.24) is 14.3 Å². The molecule has 0 spiro atoms. The molecule has 12 N–H and O–H groups in total. The van der Waals surface area contributed by atoms with Crippen molar-refractivity contribution >= 4 is 63.8 Å². The Morgan fingerprint density at radius 3 is 1.16 bits per heavy atom. The third-order valence-electron chi connectivity index (χ3n) is 5.76. The van der Waals surface area contributed by atoms with Crippen molar-refractivity contribution in [2.24, 2.45) is 0 Å². The highest BCUT2D eigenvalue weighted by atomic mass is 32.2. The van der Waals surface area contributed by atoms with E-state index in [0.717, 1.165) is 28.4 Å². The van der Waals surface area contributed by atoms with Crippen molar-refractivity contribution in [3.8, 4) is 49.9 Å². The number of nitrogens with one attached hydrogen (secondary N) is 2. The molecule has 0 fully saturated rings. The summed E-state index contributed by atoms with van der Waals surface area (Å²) in [6.45, 7) is 3.93. The maximum Gasteiger partial charge on any atom is 0.250 e. The summed E-state index contributed by atoms with van der Waals surface area (Å²) in [6, 6.07) is 23.0. The van der Waals surface area contributed by atoms with E-state index in [1.165, 1.54) is 5.32 Å². The highest BCUT2D eigenvalue weighted by Crippen LogP contribution is 2.22. The average Bonchev–Trinajstić information content (AvgIpc) is 2.94. The zero-order chi connectivity index (χ0) is 34.1. The summed E-state index contributed by atoms with van der Waals surface area (Å²) >= 11 is 0. The average molecular weight is 717 g/mol. The number of aryl methyl sites for hydroxylation is 2. The number of rotatable bonds is 1. The number of sulfonamides is 1. The number of hydrogen-bond acceptors (Lipinski definition) is 7. The van der Waals surface area contributed by atoms with Crippen LogP contribution < -0.4 is 16.2 Å². The van der Waals surface area contributed by atoms with Crippen molar-refractivity contribution in [3.05, 3.63) is 80.1 Å². The molecule has 0 saturated heterocycles. The molecule has 0 saturated carbocycles. The van der Waals surface area contributed by atoms with Gasteiger partial charge in [-0.2, -0.15) is 9.62 Å². The van der Waals surface area contributed by atoms with Gasteiger partial charge in [-0.15, -0.1) is 0 Å². The highest BCUT2D eigenvalue weighted by molar-refractivity contribution is 7.88. The summed E-state index contributed by atoms with van der Waals surface area (Å²) in [5, 5.41) is 3.79. The molecule has 0 unspecified atom stereocenters. The Kier molecular flexibility index (Phi) is 19.3. The second kappa shape index (κ2) is 19.8. The SMILES string of the molecule is C#CN(C#C)S(C)(=O)=O.C#C[NH2+]C#C.CS(=O)(=O)[O-].Cc1ccc2[nH]c3cc4c(=O)c5cc(C)ccc5[nH]c4cc3c(=O)c2c1.O.O.O.O. The second-order valence-electron chi connectivity index (χ2n) is 9.42. The third kappa shape index (κ3) is 13.1. The molecule has 0 aliphatic heterocycles. The van der Waals surface area contributed by atoms with Crippen molar-refractivity contribution in [2.75, 3.05) is 12.5 Å². The first-order valence-corrected chi connectivity index (χ1v) is 16.2. The maximum atomic E-state index is 13.0. The topological polar surface area (TPSA) is 303 Å². The van der Waals surface area contributed by atoms with Crippen LogP contribution in [-0.4, -0.2) is 70.1 Å². The summed E-state index contributed by atoms with van der Waals surface area (Å²) in [7, 11) is -7.32. The van der Waals surface area contributed by atoms with Gasteiger partial charge in [-0.05, 0) is 50.2 Å². The summed E-state index contributed by atoms with van der Waals surface area (Å²) in [6.07, 6.45) is 20.4. The molecule has 17 heteroatoms. The van der Waals surface area contributed by atoms with Crippen molar-refractivity contribution in [1.29, 1.82) is 0 Å². The van der Waals surface area contributed by atoms with Gasteiger partial charge in [-0.3, -0.25) is 9.59 Å². The van der Waals surface area contributed by atoms with E-state index in [-0.39, 0.29) is 32.8 Å². The third-order valence-corrected chi connectivity index (χ3v) is 6.63. The molecule has 5 aromatic rings. The Labute approximate surface area is 282 Å². The maximum absolute atomic E-state index is 13.0. The molecule has 0 amide bonds. The summed E-state index contributed by atoms with van der Waals surface area (Å²) < 4.78 is 48.6. The molecular formula is C32H36N4O11S2. The molecule has 0 aliphatic carbocycles. The van der Waals surface area contributed by atoms with Gasteiger partial charge < -0.3 is 36.4 Å². The standard InChI is InChI=1S/C22H16N2O2.C5H5NO2S.C4H3N.CH4O3S.4H2O/c1-11-3-5-17-13(7-11)21(25)15-9-20-16(10-19(15)23-17)22(26)14-8-12(2)4-6-18(14)24-20;1-4-6(5-2)9(3,7)8;1-3-5-4-2;1-5(2,3)4;;;;/h3-10H,1-2H3,(H,23,25)(H,24,26);1-2H,3H3;1-2,5H;1H3,(H,2,3,4);4*1H2. The van der Waals surface area contributed by atoms with Crippen molar-refractivity contribution < 1.29 is 48.6 Å². The van der Waals surface area contributed by atoms with Gasteiger partial charge in [0.05, 0.1) is 27.4 Å². The van der Waals surface area contributed by atoms with E-state index < -0.39 is 20.1 Å². The Bertz CT molecular complexity index is 2300. The number of fused-ring (bicyclic) bond motifs is 4. The number of nitrogens with two attached hydrogens (primary N) is 1. The van der Waals surface area contributed by atoms with Crippen LogP contribution in [0.1, 0.15) is 11.1 Å². The second-order valence-corrected chi connectivity index (χ2v) is 12.7. The van der Waals surface area contributed by atoms with Crippen LogP contribution in [0.4, 0.5) is 0 Å². The van der Waals surface area contributed by atoms with Crippen molar-refractivity contribution in [3.63, 3.8) is 0 Å². The normalized spacial score (nSPS) is 9.57. The van der Waals surface area contributed by atoms with Gasteiger partial charge in [0.2, 0.25) is 10.0 Å². The van der Waals surface area contributed by atoms with Gasteiger partial charge in [0, 0.05) is 50.9 Å². The Morgan fingerprint density at radius 1 is 0.633 bits per heavy atom. The highest BCUT2D eigenvalue weighted by Gasteiger charge is 2.11. The molecule has 262 valence electrons. The number of H-pyrrole nitrogens is 2. The minimum absolute atomic E-state index is 0. The Morgan fingerprint density at radius 2 is 0.939 bits per heavy atom. The lowest BCUT2D eigenvalue weighted by Crippen LogP contribution is -2.72. The molecule has 15 nitrogen and oxygen atoms in total. The molecule has 0 aliphatic rings. The predicted octanol–water partition coefficient (Wildman–Crippen LogP) is -1.68. The summed E-state index contributed by atoms with van der Waals surface area (Å²) in [5.74, 6) is 0. The monoisotopic (exact) mass is 716 g/mol. The first-order valence-electron chi connectivity index (χ1n) is 12.6. The largest absolute Gasteiger partial charge is 0.748 e. The fraction of sp³-hybridized carbons (Fsp3) is 0.125.